The van der Waals surface area contributed by atoms with E-state index in [0.29, 0.717) is 5.56 Å². The van der Waals surface area contributed by atoms with Gasteiger partial charge in [-0.3, -0.25) is 4.79 Å². The molecule has 5 heteroatoms. The van der Waals surface area contributed by atoms with Gasteiger partial charge >= 0.3 is 0 Å². The molecular formula is C21H28N4O. The van der Waals surface area contributed by atoms with E-state index in [4.69, 9.17) is 0 Å². The second-order valence-electron chi connectivity index (χ2n) is 6.76. The third-order valence-corrected chi connectivity index (χ3v) is 4.70. The number of carbonyl (C=O) groups excluding carboxylic acids is 1. The maximum atomic E-state index is 12.1. The SMILES string of the molecule is CCCCCNC(=O)c1ccc(Nc2ccc(N3CCCC3)cc2)nc1. The molecule has 0 radical (unpaired) electrons. The van der Waals surface area contributed by atoms with E-state index in [-0.39, 0.29) is 5.91 Å². The summed E-state index contributed by atoms with van der Waals surface area (Å²) in [7, 11) is 0. The Balaban J connectivity index is 1.52. The highest BCUT2D eigenvalue weighted by Gasteiger charge is 2.12. The van der Waals surface area contributed by atoms with Crippen molar-refractivity contribution in [3.05, 3.63) is 48.2 Å². The molecule has 1 fully saturated rings. The Morgan fingerprint density at radius 1 is 1.08 bits per heavy atom. The fourth-order valence-corrected chi connectivity index (χ4v) is 3.16. The van der Waals surface area contributed by atoms with Gasteiger partial charge in [-0.2, -0.15) is 0 Å². The second kappa shape index (κ2) is 9.22. The fourth-order valence-electron chi connectivity index (χ4n) is 3.16. The third-order valence-electron chi connectivity index (χ3n) is 4.70. The largest absolute Gasteiger partial charge is 0.372 e. The maximum absolute atomic E-state index is 12.1. The summed E-state index contributed by atoms with van der Waals surface area (Å²) in [6.45, 7) is 5.17. The smallest absolute Gasteiger partial charge is 0.252 e. The van der Waals surface area contributed by atoms with Gasteiger partial charge in [0.2, 0.25) is 0 Å². The van der Waals surface area contributed by atoms with Crippen molar-refractivity contribution in [2.75, 3.05) is 29.9 Å². The van der Waals surface area contributed by atoms with Crippen molar-refractivity contribution >= 4 is 23.1 Å². The number of benzene rings is 1. The molecule has 3 rings (SSSR count). The molecule has 1 saturated heterocycles. The van der Waals surface area contributed by atoms with Crippen LogP contribution in [-0.4, -0.2) is 30.5 Å². The highest BCUT2D eigenvalue weighted by atomic mass is 16.1. The zero-order chi connectivity index (χ0) is 18.2. The lowest BCUT2D eigenvalue weighted by Gasteiger charge is -2.17. The summed E-state index contributed by atoms with van der Waals surface area (Å²) < 4.78 is 0. The molecule has 2 heterocycles. The van der Waals surface area contributed by atoms with Crippen LogP contribution in [0.4, 0.5) is 17.2 Å². The van der Waals surface area contributed by atoms with Gasteiger partial charge in [0.15, 0.2) is 0 Å². The lowest BCUT2D eigenvalue weighted by Crippen LogP contribution is -2.24. The molecule has 138 valence electrons. The Morgan fingerprint density at radius 2 is 1.85 bits per heavy atom. The lowest BCUT2D eigenvalue weighted by atomic mass is 10.2. The molecule has 0 aliphatic carbocycles. The van der Waals surface area contributed by atoms with Crippen molar-refractivity contribution in [3.63, 3.8) is 0 Å². The van der Waals surface area contributed by atoms with E-state index < -0.39 is 0 Å². The van der Waals surface area contributed by atoms with Crippen molar-refractivity contribution in [1.82, 2.24) is 10.3 Å². The number of anilines is 3. The van der Waals surface area contributed by atoms with E-state index in [1.165, 1.54) is 18.5 Å². The normalized spacial score (nSPS) is 13.7. The molecule has 2 aromatic rings. The van der Waals surface area contributed by atoms with Crippen molar-refractivity contribution in [2.24, 2.45) is 0 Å². The molecular weight excluding hydrogens is 324 g/mol. The van der Waals surface area contributed by atoms with Crippen molar-refractivity contribution in [3.8, 4) is 0 Å². The molecule has 26 heavy (non-hydrogen) atoms. The van der Waals surface area contributed by atoms with Crippen molar-refractivity contribution in [1.29, 1.82) is 0 Å². The van der Waals surface area contributed by atoms with Gasteiger partial charge in [0, 0.05) is 37.2 Å². The molecule has 0 bridgehead atoms. The van der Waals surface area contributed by atoms with Crippen LogP contribution in [0.5, 0.6) is 0 Å². The average molecular weight is 352 g/mol. The monoisotopic (exact) mass is 352 g/mol. The van der Waals surface area contributed by atoms with Crippen molar-refractivity contribution in [2.45, 2.75) is 39.0 Å². The molecule has 1 aliphatic heterocycles. The quantitative estimate of drug-likeness (QED) is 0.694. The molecule has 1 aromatic carbocycles. The summed E-state index contributed by atoms with van der Waals surface area (Å²) in [6, 6.07) is 12.1. The van der Waals surface area contributed by atoms with Gasteiger partial charge in [0.05, 0.1) is 5.56 Å². The number of carbonyl (C=O) groups is 1. The number of rotatable bonds is 8. The predicted octanol–water partition coefficient (Wildman–Crippen LogP) is 4.35. The van der Waals surface area contributed by atoms with Crippen LogP contribution in [0, 0.1) is 0 Å². The number of nitrogens with zero attached hydrogens (tertiary/aromatic N) is 2. The van der Waals surface area contributed by atoms with Crippen LogP contribution in [0.15, 0.2) is 42.6 Å². The highest BCUT2D eigenvalue weighted by molar-refractivity contribution is 5.94. The Bertz CT molecular complexity index is 691. The summed E-state index contributed by atoms with van der Waals surface area (Å²) in [4.78, 5) is 18.8. The van der Waals surface area contributed by atoms with E-state index in [9.17, 15) is 4.79 Å². The van der Waals surface area contributed by atoms with E-state index >= 15 is 0 Å². The van der Waals surface area contributed by atoms with E-state index in [1.807, 2.05) is 12.1 Å². The van der Waals surface area contributed by atoms with E-state index in [1.54, 1.807) is 6.20 Å². The molecule has 5 nitrogen and oxygen atoms in total. The molecule has 0 unspecified atom stereocenters. The maximum Gasteiger partial charge on any atom is 0.252 e. The molecule has 0 atom stereocenters. The first-order valence-electron chi connectivity index (χ1n) is 9.62. The Morgan fingerprint density at radius 3 is 2.50 bits per heavy atom. The van der Waals surface area contributed by atoms with Crippen LogP contribution in [0.1, 0.15) is 49.4 Å². The first-order valence-corrected chi connectivity index (χ1v) is 9.62. The average Bonchev–Trinajstić information content (AvgIpc) is 3.21. The first-order chi connectivity index (χ1) is 12.8. The van der Waals surface area contributed by atoms with Gasteiger partial charge in [-0.05, 0) is 55.7 Å². The lowest BCUT2D eigenvalue weighted by molar-refractivity contribution is 0.0952. The molecule has 1 amide bonds. The highest BCUT2D eigenvalue weighted by Crippen LogP contribution is 2.23. The fraction of sp³-hybridized carbons (Fsp3) is 0.429. The first kappa shape index (κ1) is 18.2. The van der Waals surface area contributed by atoms with Crippen LogP contribution < -0.4 is 15.5 Å². The number of nitrogens with one attached hydrogen (secondary N) is 2. The van der Waals surface area contributed by atoms with Gasteiger partial charge in [0.25, 0.3) is 5.91 Å². The Labute approximate surface area is 155 Å². The summed E-state index contributed by atoms with van der Waals surface area (Å²) in [5.41, 5.74) is 2.87. The number of unbranched alkanes of at least 4 members (excludes halogenated alkanes) is 2. The van der Waals surface area contributed by atoms with Gasteiger partial charge in [-0.1, -0.05) is 19.8 Å². The third kappa shape index (κ3) is 4.97. The van der Waals surface area contributed by atoms with Crippen LogP contribution in [0.3, 0.4) is 0 Å². The molecule has 0 spiro atoms. The zero-order valence-electron chi connectivity index (χ0n) is 15.5. The van der Waals surface area contributed by atoms with Gasteiger partial charge in [0.1, 0.15) is 5.82 Å². The van der Waals surface area contributed by atoms with Crippen LogP contribution in [-0.2, 0) is 0 Å². The van der Waals surface area contributed by atoms with Crippen LogP contribution in [0.2, 0.25) is 0 Å². The molecule has 2 N–H and O–H groups in total. The Hall–Kier alpha value is -2.56. The predicted molar refractivity (Wildman–Crippen MR) is 107 cm³/mol. The van der Waals surface area contributed by atoms with Crippen molar-refractivity contribution < 1.29 is 4.79 Å². The van der Waals surface area contributed by atoms with Gasteiger partial charge in [-0.25, -0.2) is 4.98 Å². The number of pyridine rings is 1. The standard InChI is InChI=1S/C21H28N4O/c1-2-3-4-13-22-21(26)17-7-12-20(23-16-17)24-18-8-10-19(11-9-18)25-14-5-6-15-25/h7-12,16H,2-6,13-15H2,1H3,(H,22,26)(H,23,24). The Kier molecular flexibility index (Phi) is 6.47. The summed E-state index contributed by atoms with van der Waals surface area (Å²) >= 11 is 0. The molecule has 0 saturated carbocycles. The minimum Gasteiger partial charge on any atom is -0.372 e. The van der Waals surface area contributed by atoms with E-state index in [2.05, 4.69) is 51.7 Å². The minimum absolute atomic E-state index is 0.0601. The topological polar surface area (TPSA) is 57.3 Å². The molecule has 1 aromatic heterocycles. The molecule has 1 aliphatic rings. The number of hydrogen-bond donors (Lipinski definition) is 2. The number of amides is 1. The van der Waals surface area contributed by atoms with Crippen LogP contribution >= 0.6 is 0 Å². The van der Waals surface area contributed by atoms with Crippen LogP contribution in [0.25, 0.3) is 0 Å². The minimum atomic E-state index is -0.0601. The van der Waals surface area contributed by atoms with Gasteiger partial charge in [-0.15, -0.1) is 0 Å². The zero-order valence-corrected chi connectivity index (χ0v) is 15.5. The van der Waals surface area contributed by atoms with Gasteiger partial charge < -0.3 is 15.5 Å². The van der Waals surface area contributed by atoms with E-state index in [0.717, 1.165) is 50.4 Å². The summed E-state index contributed by atoms with van der Waals surface area (Å²) in [5.74, 6) is 0.677. The number of hydrogen-bond acceptors (Lipinski definition) is 4. The summed E-state index contributed by atoms with van der Waals surface area (Å²) in [6.07, 6.45) is 7.48. The number of aromatic nitrogens is 1. The second-order valence-corrected chi connectivity index (χ2v) is 6.76. The summed E-state index contributed by atoms with van der Waals surface area (Å²) in [5, 5.41) is 6.22.